The second-order valence-electron chi connectivity index (χ2n) is 5.64. The third kappa shape index (κ3) is 5.23. The van der Waals surface area contributed by atoms with Crippen molar-refractivity contribution in [3.63, 3.8) is 0 Å². The highest BCUT2D eigenvalue weighted by atomic mass is 35.5. The molecule has 0 heterocycles. The molecule has 6 nitrogen and oxygen atoms in total. The highest BCUT2D eigenvalue weighted by molar-refractivity contribution is 7.89. The lowest BCUT2D eigenvalue weighted by Gasteiger charge is -2.14. The molecule has 0 saturated carbocycles. The van der Waals surface area contributed by atoms with Crippen LogP contribution in [0.1, 0.15) is 5.56 Å². The van der Waals surface area contributed by atoms with Crippen LogP contribution in [0.2, 0.25) is 10.0 Å². The minimum Gasteiger partial charge on any atom is -0.495 e. The monoisotopic (exact) mass is 428 g/mol. The fraction of sp³-hybridized carbons (Fsp3) is 0.167. The number of hydrogen-bond donors (Lipinski definition) is 1. The molecule has 1 amide bonds. The SMILES string of the molecule is COc1ccc(S(=O)(=O)N(C)C)cc1NC(=O)/C=C/c1ccc(Cl)cc1Cl. The van der Waals surface area contributed by atoms with E-state index in [2.05, 4.69) is 5.32 Å². The number of amides is 1. The summed E-state index contributed by atoms with van der Waals surface area (Å²) in [4.78, 5) is 12.3. The van der Waals surface area contributed by atoms with Crippen molar-refractivity contribution in [2.24, 2.45) is 0 Å². The Balaban J connectivity index is 2.27. The summed E-state index contributed by atoms with van der Waals surface area (Å²) in [5.74, 6) is -0.141. The van der Waals surface area contributed by atoms with E-state index in [9.17, 15) is 13.2 Å². The molecule has 0 atom stereocenters. The van der Waals surface area contributed by atoms with Gasteiger partial charge in [0.15, 0.2) is 0 Å². The third-order valence-corrected chi connectivity index (χ3v) is 5.96. The van der Waals surface area contributed by atoms with Crippen molar-refractivity contribution < 1.29 is 17.9 Å². The Bertz CT molecular complexity index is 989. The molecular formula is C18H18Cl2N2O4S. The fourth-order valence-electron chi connectivity index (χ4n) is 2.13. The van der Waals surface area contributed by atoms with Crippen LogP contribution in [0.3, 0.4) is 0 Å². The number of carbonyl (C=O) groups is 1. The molecule has 27 heavy (non-hydrogen) atoms. The van der Waals surface area contributed by atoms with Crippen LogP contribution in [0.4, 0.5) is 5.69 Å². The Morgan fingerprint density at radius 1 is 1.15 bits per heavy atom. The number of anilines is 1. The van der Waals surface area contributed by atoms with Gasteiger partial charge in [-0.1, -0.05) is 29.3 Å². The summed E-state index contributed by atoms with van der Waals surface area (Å²) in [6.45, 7) is 0. The van der Waals surface area contributed by atoms with E-state index in [-0.39, 0.29) is 10.6 Å². The summed E-state index contributed by atoms with van der Waals surface area (Å²) in [5, 5.41) is 3.51. The van der Waals surface area contributed by atoms with Crippen molar-refractivity contribution >= 4 is 50.9 Å². The van der Waals surface area contributed by atoms with Gasteiger partial charge in [0, 0.05) is 30.2 Å². The van der Waals surface area contributed by atoms with Gasteiger partial charge in [-0.05, 0) is 42.0 Å². The number of sulfonamides is 1. The molecule has 2 aromatic carbocycles. The molecule has 9 heteroatoms. The van der Waals surface area contributed by atoms with Crippen LogP contribution >= 0.6 is 23.2 Å². The molecule has 0 fully saturated rings. The zero-order valence-corrected chi connectivity index (χ0v) is 17.2. The number of nitrogens with one attached hydrogen (secondary N) is 1. The van der Waals surface area contributed by atoms with Crippen LogP contribution in [0.5, 0.6) is 5.75 Å². The third-order valence-electron chi connectivity index (χ3n) is 3.58. The molecule has 1 N–H and O–H groups in total. The largest absolute Gasteiger partial charge is 0.495 e. The van der Waals surface area contributed by atoms with E-state index in [0.717, 1.165) is 4.31 Å². The summed E-state index contributed by atoms with van der Waals surface area (Å²) in [6.07, 6.45) is 2.81. The highest BCUT2D eigenvalue weighted by Crippen LogP contribution is 2.28. The van der Waals surface area contributed by atoms with Gasteiger partial charge in [0.25, 0.3) is 0 Å². The molecule has 2 aromatic rings. The van der Waals surface area contributed by atoms with Crippen molar-refractivity contribution in [3.8, 4) is 5.75 Å². The summed E-state index contributed by atoms with van der Waals surface area (Å²) in [7, 11) is 0.632. The molecule has 0 aromatic heterocycles. The molecule has 0 unspecified atom stereocenters. The number of methoxy groups -OCH3 is 1. The summed E-state index contributed by atoms with van der Waals surface area (Å²) < 4.78 is 30.8. The number of halogens is 2. The first-order chi connectivity index (χ1) is 12.6. The van der Waals surface area contributed by atoms with Gasteiger partial charge in [-0.15, -0.1) is 0 Å². The first-order valence-corrected chi connectivity index (χ1v) is 9.89. The first kappa shape index (κ1) is 21.2. The van der Waals surface area contributed by atoms with Gasteiger partial charge in [-0.3, -0.25) is 4.79 Å². The van der Waals surface area contributed by atoms with Crippen LogP contribution in [0.15, 0.2) is 47.4 Å². The Kier molecular flexibility index (Phi) is 6.89. The van der Waals surface area contributed by atoms with Crippen molar-refractivity contribution in [2.45, 2.75) is 4.90 Å². The van der Waals surface area contributed by atoms with E-state index in [1.165, 1.54) is 51.6 Å². The van der Waals surface area contributed by atoms with Gasteiger partial charge in [-0.25, -0.2) is 12.7 Å². The molecule has 0 aliphatic carbocycles. The molecule has 144 valence electrons. The van der Waals surface area contributed by atoms with Crippen molar-refractivity contribution in [3.05, 3.63) is 58.1 Å². The first-order valence-electron chi connectivity index (χ1n) is 7.70. The predicted molar refractivity (Wildman–Crippen MR) is 108 cm³/mol. The van der Waals surface area contributed by atoms with E-state index in [1.54, 1.807) is 18.2 Å². The molecule has 0 aliphatic rings. The van der Waals surface area contributed by atoms with Gasteiger partial charge in [0.1, 0.15) is 5.75 Å². The quantitative estimate of drug-likeness (QED) is 0.707. The van der Waals surface area contributed by atoms with E-state index < -0.39 is 15.9 Å². The standard InChI is InChI=1S/C18H18Cl2N2O4S/c1-22(2)27(24,25)14-7-8-17(26-3)16(11-14)21-18(23)9-5-12-4-6-13(19)10-15(12)20/h4-11H,1-3H3,(H,21,23)/b9-5+. The van der Waals surface area contributed by atoms with E-state index in [1.807, 2.05) is 0 Å². The molecular weight excluding hydrogens is 411 g/mol. The number of rotatable bonds is 6. The van der Waals surface area contributed by atoms with Crippen molar-refractivity contribution in [1.82, 2.24) is 4.31 Å². The summed E-state index contributed by atoms with van der Waals surface area (Å²) >= 11 is 11.9. The van der Waals surface area contributed by atoms with Crippen LogP contribution in [0.25, 0.3) is 6.08 Å². The number of ether oxygens (including phenoxy) is 1. The van der Waals surface area contributed by atoms with Crippen molar-refractivity contribution in [2.75, 3.05) is 26.5 Å². The van der Waals surface area contributed by atoms with Gasteiger partial charge >= 0.3 is 0 Å². The number of carbonyl (C=O) groups excluding carboxylic acids is 1. The van der Waals surface area contributed by atoms with Crippen molar-refractivity contribution in [1.29, 1.82) is 0 Å². The van der Waals surface area contributed by atoms with Gasteiger partial charge in [-0.2, -0.15) is 0 Å². The van der Waals surface area contributed by atoms with E-state index >= 15 is 0 Å². The minimum absolute atomic E-state index is 0.0355. The second kappa shape index (κ2) is 8.75. The van der Waals surface area contributed by atoms with Crippen LogP contribution in [0, 0.1) is 0 Å². The fourth-order valence-corrected chi connectivity index (χ4v) is 3.53. The number of hydrogen-bond acceptors (Lipinski definition) is 4. The number of nitrogens with zero attached hydrogens (tertiary/aromatic N) is 1. The van der Waals surface area contributed by atoms with E-state index in [4.69, 9.17) is 27.9 Å². The molecule has 0 spiro atoms. The predicted octanol–water partition coefficient (Wildman–Crippen LogP) is 3.90. The Morgan fingerprint density at radius 2 is 1.85 bits per heavy atom. The van der Waals surface area contributed by atoms with Crippen LogP contribution in [-0.4, -0.2) is 39.8 Å². The Morgan fingerprint density at radius 3 is 2.44 bits per heavy atom. The lowest BCUT2D eigenvalue weighted by atomic mass is 10.2. The van der Waals surface area contributed by atoms with Crippen LogP contribution in [-0.2, 0) is 14.8 Å². The van der Waals surface area contributed by atoms with Gasteiger partial charge < -0.3 is 10.1 Å². The minimum atomic E-state index is -3.65. The van der Waals surface area contributed by atoms with Crippen LogP contribution < -0.4 is 10.1 Å². The summed E-state index contributed by atoms with van der Waals surface area (Å²) in [5.41, 5.74) is 0.851. The molecule has 0 bridgehead atoms. The van der Waals surface area contributed by atoms with E-state index in [0.29, 0.717) is 21.4 Å². The lowest BCUT2D eigenvalue weighted by Crippen LogP contribution is -2.22. The highest BCUT2D eigenvalue weighted by Gasteiger charge is 2.19. The zero-order valence-electron chi connectivity index (χ0n) is 14.9. The summed E-state index contributed by atoms with van der Waals surface area (Å²) in [6, 6.07) is 9.14. The normalized spacial score (nSPS) is 11.8. The van der Waals surface area contributed by atoms with Gasteiger partial charge in [0.2, 0.25) is 15.9 Å². The molecule has 2 rings (SSSR count). The van der Waals surface area contributed by atoms with Gasteiger partial charge in [0.05, 0.1) is 17.7 Å². The smallest absolute Gasteiger partial charge is 0.248 e. The molecule has 0 saturated heterocycles. The second-order valence-corrected chi connectivity index (χ2v) is 8.63. The maximum Gasteiger partial charge on any atom is 0.248 e. The maximum absolute atomic E-state index is 12.3. The maximum atomic E-state index is 12.3. The molecule has 0 aliphatic heterocycles. The average Bonchev–Trinajstić information content (AvgIpc) is 2.60. The molecule has 0 radical (unpaired) electrons. The Labute approximate surface area is 168 Å². The average molecular weight is 429 g/mol. The lowest BCUT2D eigenvalue weighted by molar-refractivity contribution is -0.111. The zero-order chi connectivity index (χ0) is 20.2. The number of benzene rings is 2. The topological polar surface area (TPSA) is 75.7 Å². The Hall–Kier alpha value is -2.06.